The van der Waals surface area contributed by atoms with Crippen LogP contribution in [-0.4, -0.2) is 23.9 Å². The standard InChI is InChI=1S/C17H19BrN2O/c1-2-20(9-8-13-6-4-3-5-7-13)17(21)14-10-15(18)12-16(19)11-14/h3-7,10-12H,2,8-9,19H2,1H3. The summed E-state index contributed by atoms with van der Waals surface area (Å²) < 4.78 is 0.824. The van der Waals surface area contributed by atoms with Crippen LogP contribution in [0.1, 0.15) is 22.8 Å². The number of nitrogens with two attached hydrogens (primary N) is 1. The summed E-state index contributed by atoms with van der Waals surface area (Å²) in [5.41, 5.74) is 8.25. The number of carbonyl (C=O) groups is 1. The van der Waals surface area contributed by atoms with Gasteiger partial charge in [-0.25, -0.2) is 0 Å². The second-order valence-corrected chi connectivity index (χ2v) is 5.81. The minimum absolute atomic E-state index is 0.0152. The molecule has 2 rings (SSSR count). The smallest absolute Gasteiger partial charge is 0.253 e. The number of halogens is 1. The number of nitrogens with zero attached hydrogens (tertiary/aromatic N) is 1. The van der Waals surface area contributed by atoms with Crippen LogP contribution in [0, 0.1) is 0 Å². The lowest BCUT2D eigenvalue weighted by atomic mass is 10.1. The predicted octanol–water partition coefficient (Wildman–Crippen LogP) is 3.74. The van der Waals surface area contributed by atoms with Crippen molar-refractivity contribution >= 4 is 27.5 Å². The molecule has 110 valence electrons. The number of hydrogen-bond acceptors (Lipinski definition) is 2. The zero-order valence-electron chi connectivity index (χ0n) is 12.1. The number of amides is 1. The molecule has 2 aromatic rings. The highest BCUT2D eigenvalue weighted by Crippen LogP contribution is 2.18. The van der Waals surface area contributed by atoms with E-state index in [2.05, 4.69) is 28.1 Å². The Morgan fingerprint density at radius 3 is 2.52 bits per heavy atom. The molecule has 0 fully saturated rings. The van der Waals surface area contributed by atoms with Gasteiger partial charge in [0.05, 0.1) is 0 Å². The Labute approximate surface area is 133 Å². The normalized spacial score (nSPS) is 10.4. The van der Waals surface area contributed by atoms with E-state index in [0.717, 1.165) is 10.9 Å². The van der Waals surface area contributed by atoms with Crippen LogP contribution in [-0.2, 0) is 6.42 Å². The fraction of sp³-hybridized carbons (Fsp3) is 0.235. The summed E-state index contributed by atoms with van der Waals surface area (Å²) in [6.45, 7) is 3.37. The molecular weight excluding hydrogens is 328 g/mol. The third-order valence-electron chi connectivity index (χ3n) is 3.35. The molecule has 0 spiro atoms. The van der Waals surface area contributed by atoms with Crippen molar-refractivity contribution < 1.29 is 4.79 Å². The highest BCUT2D eigenvalue weighted by molar-refractivity contribution is 9.10. The fourth-order valence-electron chi connectivity index (χ4n) is 2.23. The molecule has 0 aliphatic rings. The van der Waals surface area contributed by atoms with Crippen LogP contribution in [0.4, 0.5) is 5.69 Å². The molecule has 0 radical (unpaired) electrons. The largest absolute Gasteiger partial charge is 0.399 e. The van der Waals surface area contributed by atoms with Crippen molar-refractivity contribution in [2.24, 2.45) is 0 Å². The Morgan fingerprint density at radius 2 is 1.90 bits per heavy atom. The van der Waals surface area contributed by atoms with Gasteiger partial charge in [0, 0.05) is 28.8 Å². The first-order valence-corrected chi connectivity index (χ1v) is 7.78. The summed E-state index contributed by atoms with van der Waals surface area (Å²) in [4.78, 5) is 14.4. The topological polar surface area (TPSA) is 46.3 Å². The number of hydrogen-bond donors (Lipinski definition) is 1. The molecule has 3 nitrogen and oxygen atoms in total. The number of nitrogen functional groups attached to an aromatic ring is 1. The number of benzene rings is 2. The van der Waals surface area contributed by atoms with Crippen molar-refractivity contribution in [1.82, 2.24) is 4.90 Å². The van der Waals surface area contributed by atoms with Gasteiger partial charge >= 0.3 is 0 Å². The van der Waals surface area contributed by atoms with Crippen LogP contribution >= 0.6 is 15.9 Å². The summed E-state index contributed by atoms with van der Waals surface area (Å²) in [5, 5.41) is 0. The van der Waals surface area contributed by atoms with Crippen LogP contribution < -0.4 is 5.73 Å². The monoisotopic (exact) mass is 346 g/mol. The average molecular weight is 347 g/mol. The predicted molar refractivity (Wildman–Crippen MR) is 90.3 cm³/mol. The number of anilines is 1. The summed E-state index contributed by atoms with van der Waals surface area (Å²) >= 11 is 3.38. The average Bonchev–Trinajstić information content (AvgIpc) is 2.47. The second-order valence-electron chi connectivity index (χ2n) is 4.89. The van der Waals surface area contributed by atoms with E-state index in [1.807, 2.05) is 36.1 Å². The molecule has 0 aliphatic carbocycles. The first-order chi connectivity index (χ1) is 10.1. The molecule has 1 amide bonds. The van der Waals surface area contributed by atoms with Crippen LogP contribution in [0.3, 0.4) is 0 Å². The van der Waals surface area contributed by atoms with Crippen molar-refractivity contribution in [2.45, 2.75) is 13.3 Å². The maximum atomic E-state index is 12.6. The van der Waals surface area contributed by atoms with E-state index < -0.39 is 0 Å². The molecule has 4 heteroatoms. The summed E-state index contributed by atoms with van der Waals surface area (Å²) in [5.74, 6) is 0.0152. The van der Waals surface area contributed by atoms with Crippen molar-refractivity contribution in [3.63, 3.8) is 0 Å². The minimum Gasteiger partial charge on any atom is -0.399 e. The molecule has 0 atom stereocenters. The molecule has 2 aromatic carbocycles. The molecule has 0 heterocycles. The maximum Gasteiger partial charge on any atom is 0.253 e. The van der Waals surface area contributed by atoms with Gasteiger partial charge in [-0.1, -0.05) is 46.3 Å². The SMILES string of the molecule is CCN(CCc1ccccc1)C(=O)c1cc(N)cc(Br)c1. The molecule has 0 saturated carbocycles. The molecule has 2 N–H and O–H groups in total. The third-order valence-corrected chi connectivity index (χ3v) is 3.81. The highest BCUT2D eigenvalue weighted by atomic mass is 79.9. The lowest BCUT2D eigenvalue weighted by molar-refractivity contribution is 0.0766. The van der Waals surface area contributed by atoms with Gasteiger partial charge in [0.1, 0.15) is 0 Å². The zero-order chi connectivity index (χ0) is 15.2. The molecule has 0 saturated heterocycles. The summed E-state index contributed by atoms with van der Waals surface area (Å²) in [6, 6.07) is 15.5. The summed E-state index contributed by atoms with van der Waals surface area (Å²) in [6.07, 6.45) is 0.851. The number of carbonyl (C=O) groups excluding carboxylic acids is 1. The van der Waals surface area contributed by atoms with E-state index in [1.165, 1.54) is 5.56 Å². The Kier molecular flexibility index (Phi) is 5.39. The van der Waals surface area contributed by atoms with E-state index in [0.29, 0.717) is 24.3 Å². The van der Waals surface area contributed by atoms with Gasteiger partial charge in [0.25, 0.3) is 5.91 Å². The highest BCUT2D eigenvalue weighted by Gasteiger charge is 2.15. The molecule has 0 bridgehead atoms. The molecule has 0 aromatic heterocycles. The van der Waals surface area contributed by atoms with E-state index in [4.69, 9.17) is 5.73 Å². The Morgan fingerprint density at radius 1 is 1.19 bits per heavy atom. The lowest BCUT2D eigenvalue weighted by Crippen LogP contribution is -2.32. The lowest BCUT2D eigenvalue weighted by Gasteiger charge is -2.21. The van der Waals surface area contributed by atoms with Crippen LogP contribution in [0.25, 0.3) is 0 Å². The molecule has 0 unspecified atom stereocenters. The molecule has 21 heavy (non-hydrogen) atoms. The zero-order valence-corrected chi connectivity index (χ0v) is 13.6. The van der Waals surface area contributed by atoms with E-state index in [9.17, 15) is 4.79 Å². The van der Waals surface area contributed by atoms with Gasteiger partial charge in [0.15, 0.2) is 0 Å². The van der Waals surface area contributed by atoms with Gasteiger partial charge in [-0.05, 0) is 37.1 Å². The van der Waals surface area contributed by atoms with E-state index in [-0.39, 0.29) is 5.91 Å². The van der Waals surface area contributed by atoms with Gasteiger partial charge in [0.2, 0.25) is 0 Å². The van der Waals surface area contributed by atoms with Gasteiger partial charge in [-0.3, -0.25) is 4.79 Å². The first-order valence-electron chi connectivity index (χ1n) is 6.99. The van der Waals surface area contributed by atoms with Gasteiger partial charge in [-0.2, -0.15) is 0 Å². The van der Waals surface area contributed by atoms with Gasteiger partial charge < -0.3 is 10.6 Å². The van der Waals surface area contributed by atoms with Crippen molar-refractivity contribution in [1.29, 1.82) is 0 Å². The molecule has 0 aliphatic heterocycles. The summed E-state index contributed by atoms with van der Waals surface area (Å²) in [7, 11) is 0. The Hall–Kier alpha value is -1.81. The minimum atomic E-state index is 0.0152. The quantitative estimate of drug-likeness (QED) is 0.838. The van der Waals surface area contributed by atoms with Gasteiger partial charge in [-0.15, -0.1) is 0 Å². The van der Waals surface area contributed by atoms with Crippen LogP contribution in [0.15, 0.2) is 53.0 Å². The third kappa shape index (κ3) is 4.33. The van der Waals surface area contributed by atoms with Crippen molar-refractivity contribution in [3.8, 4) is 0 Å². The molecular formula is C17H19BrN2O. The van der Waals surface area contributed by atoms with E-state index in [1.54, 1.807) is 12.1 Å². The Bertz CT molecular complexity index is 593. The van der Waals surface area contributed by atoms with Crippen molar-refractivity contribution in [2.75, 3.05) is 18.8 Å². The van der Waals surface area contributed by atoms with Crippen LogP contribution in [0.2, 0.25) is 0 Å². The maximum absolute atomic E-state index is 12.6. The Balaban J connectivity index is 2.08. The second kappa shape index (κ2) is 7.27. The van der Waals surface area contributed by atoms with Crippen molar-refractivity contribution in [3.05, 3.63) is 64.1 Å². The number of likely N-dealkylation sites (N-methyl/N-ethyl adjacent to an activating group) is 1. The van der Waals surface area contributed by atoms with Crippen LogP contribution in [0.5, 0.6) is 0 Å². The fourth-order valence-corrected chi connectivity index (χ4v) is 2.74. The van der Waals surface area contributed by atoms with E-state index >= 15 is 0 Å². The first kappa shape index (κ1) is 15.6. The number of rotatable bonds is 5.